The molecule has 1 aromatic carbocycles. The van der Waals surface area contributed by atoms with Crippen LogP contribution in [0.1, 0.15) is 0 Å². The molecule has 0 amide bonds. The van der Waals surface area contributed by atoms with Gasteiger partial charge in [-0.15, -0.1) is 12.4 Å². The Labute approximate surface area is 146 Å². The first kappa shape index (κ1) is 17.2. The topological polar surface area (TPSA) is 79.7 Å². The minimum atomic E-state index is -0.619. The van der Waals surface area contributed by atoms with Gasteiger partial charge in [-0.05, 0) is 12.1 Å². The molecule has 2 atom stereocenters. The summed E-state index contributed by atoms with van der Waals surface area (Å²) in [5, 5.41) is 14.1. The molecule has 0 saturated carbocycles. The van der Waals surface area contributed by atoms with Gasteiger partial charge in [0, 0.05) is 26.2 Å². The Bertz CT molecular complexity index is 696. The molecule has 2 N–H and O–H groups in total. The maximum Gasteiger partial charge on any atom is 0.229 e. The van der Waals surface area contributed by atoms with E-state index >= 15 is 0 Å². The molecule has 2 aliphatic rings. The molecule has 3 heterocycles. The van der Waals surface area contributed by atoms with Crippen molar-refractivity contribution in [1.29, 1.82) is 0 Å². The lowest BCUT2D eigenvalue weighted by Gasteiger charge is -2.28. The second-order valence-corrected chi connectivity index (χ2v) is 5.84. The predicted molar refractivity (Wildman–Crippen MR) is 93.1 cm³/mol. The monoisotopic (exact) mass is 352 g/mol. The van der Waals surface area contributed by atoms with Crippen LogP contribution in [0, 0.1) is 0 Å². The molecule has 0 unspecified atom stereocenters. The minimum absolute atomic E-state index is 0. The van der Waals surface area contributed by atoms with Crippen molar-refractivity contribution in [3.63, 3.8) is 0 Å². The molecule has 130 valence electrons. The van der Waals surface area contributed by atoms with Crippen LogP contribution in [0.25, 0.3) is 10.9 Å². The maximum atomic E-state index is 9.93. The highest BCUT2D eigenvalue weighted by Gasteiger charge is 2.29. The van der Waals surface area contributed by atoms with Gasteiger partial charge in [0.25, 0.3) is 0 Å². The fraction of sp³-hybridized carbons (Fsp3) is 0.500. The number of rotatable bonds is 3. The number of fused-ring (bicyclic) bond motifs is 1. The summed E-state index contributed by atoms with van der Waals surface area (Å²) in [7, 11) is 0. The van der Waals surface area contributed by atoms with Crippen molar-refractivity contribution in [2.75, 3.05) is 44.3 Å². The number of aromatic nitrogens is 2. The highest BCUT2D eigenvalue weighted by molar-refractivity contribution is 5.85. The van der Waals surface area contributed by atoms with Gasteiger partial charge in [-0.3, -0.25) is 0 Å². The van der Waals surface area contributed by atoms with Crippen molar-refractivity contribution < 1.29 is 14.6 Å². The second kappa shape index (κ2) is 7.48. The van der Waals surface area contributed by atoms with Crippen LogP contribution in [-0.4, -0.2) is 66.7 Å². The van der Waals surface area contributed by atoms with E-state index in [4.69, 9.17) is 9.47 Å². The van der Waals surface area contributed by atoms with E-state index in [1.807, 2.05) is 24.3 Å². The van der Waals surface area contributed by atoms with E-state index in [0.29, 0.717) is 25.0 Å². The second-order valence-electron chi connectivity index (χ2n) is 5.84. The Kier molecular flexibility index (Phi) is 5.35. The van der Waals surface area contributed by atoms with Gasteiger partial charge in [0.2, 0.25) is 11.8 Å². The summed E-state index contributed by atoms with van der Waals surface area (Å²) in [4.78, 5) is 11.4. The molecule has 4 rings (SSSR count). The molecular formula is C16H21ClN4O3. The Hall–Kier alpha value is -1.67. The zero-order valence-electron chi connectivity index (χ0n) is 13.2. The van der Waals surface area contributed by atoms with Crippen molar-refractivity contribution >= 4 is 29.3 Å². The van der Waals surface area contributed by atoms with Crippen LogP contribution in [0.2, 0.25) is 0 Å². The number of aliphatic hydroxyl groups is 1. The Morgan fingerprint density at radius 2 is 1.96 bits per heavy atom. The normalized spacial score (nSPS) is 24.0. The molecule has 1 aromatic heterocycles. The van der Waals surface area contributed by atoms with E-state index in [1.54, 1.807) is 0 Å². The van der Waals surface area contributed by atoms with Gasteiger partial charge in [0.1, 0.15) is 6.10 Å². The van der Waals surface area contributed by atoms with Gasteiger partial charge in [-0.2, -0.15) is 4.98 Å². The van der Waals surface area contributed by atoms with E-state index in [1.165, 1.54) is 0 Å². The van der Waals surface area contributed by atoms with Gasteiger partial charge in [0.05, 0.1) is 24.1 Å². The average molecular weight is 353 g/mol. The number of benzene rings is 1. The number of piperazine rings is 1. The standard InChI is InChI=1S/C16H20N4O3.ClH/c21-13-9-22-10-14(13)23-15-11-3-1-2-4-12(11)18-16(19-15)20-7-5-17-6-8-20;/h1-4,13-14,17,21H,5-10H2;1H/t13-,14-;/m0./s1. The first-order valence-corrected chi connectivity index (χ1v) is 7.96. The average Bonchev–Trinajstić information content (AvgIpc) is 3.00. The third-order valence-corrected chi connectivity index (χ3v) is 4.22. The number of hydrogen-bond acceptors (Lipinski definition) is 7. The summed E-state index contributed by atoms with van der Waals surface area (Å²) in [6, 6.07) is 7.78. The smallest absolute Gasteiger partial charge is 0.229 e. The first-order valence-electron chi connectivity index (χ1n) is 7.96. The highest BCUT2D eigenvalue weighted by Crippen LogP contribution is 2.27. The lowest BCUT2D eigenvalue weighted by Crippen LogP contribution is -2.44. The molecule has 0 spiro atoms. The maximum absolute atomic E-state index is 9.93. The van der Waals surface area contributed by atoms with E-state index < -0.39 is 6.10 Å². The van der Waals surface area contributed by atoms with Gasteiger partial charge in [0.15, 0.2) is 6.10 Å². The minimum Gasteiger partial charge on any atom is -0.468 e. The Morgan fingerprint density at radius 3 is 2.71 bits per heavy atom. The molecule has 2 fully saturated rings. The van der Waals surface area contributed by atoms with Crippen molar-refractivity contribution in [2.24, 2.45) is 0 Å². The van der Waals surface area contributed by atoms with Gasteiger partial charge in [-0.25, -0.2) is 4.98 Å². The number of ether oxygens (including phenoxy) is 2. The van der Waals surface area contributed by atoms with E-state index in [2.05, 4.69) is 20.2 Å². The number of nitrogens with zero attached hydrogens (tertiary/aromatic N) is 3. The molecule has 2 saturated heterocycles. The number of halogens is 1. The zero-order chi connectivity index (χ0) is 15.6. The van der Waals surface area contributed by atoms with Crippen LogP contribution in [0.4, 0.5) is 5.95 Å². The number of hydrogen-bond donors (Lipinski definition) is 2. The summed E-state index contributed by atoms with van der Waals surface area (Å²) in [5.41, 5.74) is 0.847. The van der Waals surface area contributed by atoms with Crippen molar-refractivity contribution in [3.8, 4) is 5.88 Å². The molecule has 2 aliphatic heterocycles. The van der Waals surface area contributed by atoms with Crippen LogP contribution >= 0.6 is 12.4 Å². The molecular weight excluding hydrogens is 332 g/mol. The number of aliphatic hydroxyl groups excluding tert-OH is 1. The number of nitrogens with one attached hydrogen (secondary N) is 1. The highest BCUT2D eigenvalue weighted by atomic mass is 35.5. The van der Waals surface area contributed by atoms with Crippen LogP contribution in [0.3, 0.4) is 0 Å². The molecule has 24 heavy (non-hydrogen) atoms. The van der Waals surface area contributed by atoms with Crippen LogP contribution in [0.15, 0.2) is 24.3 Å². The molecule has 0 aliphatic carbocycles. The van der Waals surface area contributed by atoms with Crippen LogP contribution < -0.4 is 15.0 Å². The summed E-state index contributed by atoms with van der Waals surface area (Å²) in [6.45, 7) is 4.25. The Balaban J connectivity index is 0.00000169. The van der Waals surface area contributed by atoms with E-state index in [9.17, 15) is 5.11 Å². The number of anilines is 1. The fourth-order valence-corrected chi connectivity index (χ4v) is 2.91. The van der Waals surface area contributed by atoms with E-state index in [-0.39, 0.29) is 18.5 Å². The van der Waals surface area contributed by atoms with Crippen LogP contribution in [-0.2, 0) is 4.74 Å². The Morgan fingerprint density at radius 1 is 1.17 bits per heavy atom. The molecule has 8 heteroatoms. The number of para-hydroxylation sites is 1. The lowest BCUT2D eigenvalue weighted by molar-refractivity contribution is 0.0715. The summed E-state index contributed by atoms with van der Waals surface area (Å²) < 4.78 is 11.2. The largest absolute Gasteiger partial charge is 0.468 e. The third kappa shape index (κ3) is 3.39. The molecule has 7 nitrogen and oxygen atoms in total. The zero-order valence-corrected chi connectivity index (χ0v) is 14.0. The van der Waals surface area contributed by atoms with Gasteiger partial charge >= 0.3 is 0 Å². The SMILES string of the molecule is Cl.O[C@H]1COC[C@@H]1Oc1nc(N2CCNCC2)nc2ccccc12. The quantitative estimate of drug-likeness (QED) is 0.837. The molecule has 0 radical (unpaired) electrons. The lowest BCUT2D eigenvalue weighted by atomic mass is 10.2. The third-order valence-electron chi connectivity index (χ3n) is 4.22. The molecule has 0 bridgehead atoms. The van der Waals surface area contributed by atoms with Crippen molar-refractivity contribution in [1.82, 2.24) is 15.3 Å². The van der Waals surface area contributed by atoms with Gasteiger partial charge < -0.3 is 24.8 Å². The fourth-order valence-electron chi connectivity index (χ4n) is 2.91. The summed E-state index contributed by atoms with van der Waals surface area (Å²) >= 11 is 0. The molecule has 2 aromatic rings. The summed E-state index contributed by atoms with van der Waals surface area (Å²) in [5.74, 6) is 1.19. The first-order chi connectivity index (χ1) is 11.3. The van der Waals surface area contributed by atoms with E-state index in [0.717, 1.165) is 37.1 Å². The van der Waals surface area contributed by atoms with Crippen LogP contribution in [0.5, 0.6) is 5.88 Å². The van der Waals surface area contributed by atoms with Gasteiger partial charge in [-0.1, -0.05) is 12.1 Å². The van der Waals surface area contributed by atoms with Crippen molar-refractivity contribution in [3.05, 3.63) is 24.3 Å². The summed E-state index contributed by atoms with van der Waals surface area (Å²) in [6.07, 6.45) is -1.00. The predicted octanol–water partition coefficient (Wildman–Crippen LogP) is 0.600. The van der Waals surface area contributed by atoms with Crippen molar-refractivity contribution in [2.45, 2.75) is 12.2 Å².